The second-order valence-electron chi connectivity index (χ2n) is 3.37. The third-order valence-corrected chi connectivity index (χ3v) is 3.20. The zero-order valence-electron chi connectivity index (χ0n) is 8.29. The highest BCUT2D eigenvalue weighted by atomic mass is 32.1. The lowest BCUT2D eigenvalue weighted by atomic mass is 10.3. The molecule has 1 N–H and O–H groups in total. The van der Waals surface area contributed by atoms with Crippen LogP contribution < -0.4 is 5.32 Å². The minimum Gasteiger partial charge on any atom is -0.376 e. The molecule has 0 aliphatic carbocycles. The molecule has 3 nitrogen and oxygen atoms in total. The van der Waals surface area contributed by atoms with Crippen molar-refractivity contribution in [3.63, 3.8) is 0 Å². The summed E-state index contributed by atoms with van der Waals surface area (Å²) in [5, 5.41) is 3.13. The Balaban J connectivity index is 1.77. The van der Waals surface area contributed by atoms with Crippen molar-refractivity contribution in [3.05, 3.63) is 21.9 Å². The Bertz CT molecular complexity index is 283. The van der Waals surface area contributed by atoms with Gasteiger partial charge in [-0.2, -0.15) is 0 Å². The maximum Gasteiger partial charge on any atom is 0.105 e. The van der Waals surface area contributed by atoms with E-state index in [0.717, 1.165) is 26.4 Å². The van der Waals surface area contributed by atoms with E-state index in [1.54, 1.807) is 11.3 Å². The van der Waals surface area contributed by atoms with E-state index in [2.05, 4.69) is 17.4 Å². The molecule has 1 fully saturated rings. The Morgan fingerprint density at radius 1 is 1.50 bits per heavy atom. The van der Waals surface area contributed by atoms with Crippen LogP contribution in [-0.4, -0.2) is 26.4 Å². The van der Waals surface area contributed by atoms with Crippen LogP contribution in [0, 0.1) is 0 Å². The van der Waals surface area contributed by atoms with Crippen molar-refractivity contribution in [2.75, 3.05) is 20.3 Å². The van der Waals surface area contributed by atoms with Gasteiger partial charge < -0.3 is 14.8 Å². The summed E-state index contributed by atoms with van der Waals surface area (Å²) in [6.45, 7) is 3.18. The van der Waals surface area contributed by atoms with Crippen LogP contribution in [0.15, 0.2) is 12.1 Å². The first kappa shape index (κ1) is 10.1. The summed E-state index contributed by atoms with van der Waals surface area (Å²) in [4.78, 5) is 2.65. The number of rotatable bonds is 5. The number of hydrogen-bond donors (Lipinski definition) is 1. The van der Waals surface area contributed by atoms with Gasteiger partial charge in [0.2, 0.25) is 0 Å². The smallest absolute Gasteiger partial charge is 0.105 e. The molecule has 0 spiro atoms. The second kappa shape index (κ2) is 4.89. The molecule has 2 heterocycles. The van der Waals surface area contributed by atoms with Crippen LogP contribution in [0.25, 0.3) is 0 Å². The second-order valence-corrected chi connectivity index (χ2v) is 4.62. The van der Waals surface area contributed by atoms with Gasteiger partial charge in [-0.3, -0.25) is 0 Å². The molecule has 1 aromatic heterocycles. The van der Waals surface area contributed by atoms with E-state index in [0.29, 0.717) is 6.10 Å². The molecule has 0 radical (unpaired) electrons. The Morgan fingerprint density at radius 3 is 2.93 bits per heavy atom. The monoisotopic (exact) mass is 213 g/mol. The highest BCUT2D eigenvalue weighted by molar-refractivity contribution is 7.11. The lowest BCUT2D eigenvalue weighted by Crippen LogP contribution is -2.35. The van der Waals surface area contributed by atoms with Gasteiger partial charge in [0.25, 0.3) is 0 Å². The van der Waals surface area contributed by atoms with Crippen molar-refractivity contribution >= 4 is 11.3 Å². The molecule has 1 aliphatic heterocycles. The third kappa shape index (κ3) is 2.54. The molecular weight excluding hydrogens is 198 g/mol. The minimum absolute atomic E-state index is 0.324. The number of hydrogen-bond acceptors (Lipinski definition) is 4. The van der Waals surface area contributed by atoms with Gasteiger partial charge in [-0.15, -0.1) is 11.3 Å². The molecule has 2 rings (SSSR count). The predicted molar refractivity (Wildman–Crippen MR) is 56.5 cm³/mol. The largest absolute Gasteiger partial charge is 0.376 e. The van der Waals surface area contributed by atoms with Gasteiger partial charge in [0.1, 0.15) is 6.10 Å². The van der Waals surface area contributed by atoms with Gasteiger partial charge in [-0.1, -0.05) is 0 Å². The molecule has 0 amide bonds. The van der Waals surface area contributed by atoms with Crippen molar-refractivity contribution in [3.8, 4) is 0 Å². The summed E-state index contributed by atoms with van der Waals surface area (Å²) in [6.07, 6.45) is 0.324. The topological polar surface area (TPSA) is 30.5 Å². The molecule has 0 aromatic carbocycles. The summed E-state index contributed by atoms with van der Waals surface area (Å²) in [5.41, 5.74) is 0. The molecule has 78 valence electrons. The highest BCUT2D eigenvalue weighted by Crippen LogP contribution is 2.18. The number of ether oxygens (including phenoxy) is 2. The molecule has 1 aromatic rings. The fourth-order valence-corrected chi connectivity index (χ4v) is 2.23. The summed E-state index contributed by atoms with van der Waals surface area (Å²) in [7, 11) is 1.96. The molecule has 0 unspecified atom stereocenters. The first-order chi connectivity index (χ1) is 6.88. The van der Waals surface area contributed by atoms with Crippen molar-refractivity contribution < 1.29 is 9.47 Å². The molecule has 4 heteroatoms. The zero-order valence-corrected chi connectivity index (χ0v) is 9.10. The summed E-state index contributed by atoms with van der Waals surface area (Å²) in [6, 6.07) is 4.29. The van der Waals surface area contributed by atoms with Crippen molar-refractivity contribution in [1.82, 2.24) is 5.32 Å². The molecular formula is C10H15NO2S. The summed E-state index contributed by atoms with van der Waals surface area (Å²) in [5.74, 6) is 0. The third-order valence-electron chi connectivity index (χ3n) is 2.14. The van der Waals surface area contributed by atoms with Gasteiger partial charge in [0.15, 0.2) is 0 Å². The SMILES string of the molecule is CNCc1ccc(COC2COC2)s1. The molecule has 1 saturated heterocycles. The van der Waals surface area contributed by atoms with Gasteiger partial charge in [-0.05, 0) is 19.2 Å². The normalized spacial score (nSPS) is 16.9. The average molecular weight is 213 g/mol. The van der Waals surface area contributed by atoms with E-state index in [9.17, 15) is 0 Å². The van der Waals surface area contributed by atoms with E-state index < -0.39 is 0 Å². The van der Waals surface area contributed by atoms with E-state index in [4.69, 9.17) is 9.47 Å². The lowest BCUT2D eigenvalue weighted by molar-refractivity contribution is -0.134. The van der Waals surface area contributed by atoms with Crippen LogP contribution in [0.5, 0.6) is 0 Å². The van der Waals surface area contributed by atoms with Crippen molar-refractivity contribution in [1.29, 1.82) is 0 Å². The Morgan fingerprint density at radius 2 is 2.29 bits per heavy atom. The molecule has 1 aliphatic rings. The Kier molecular flexibility index (Phi) is 3.53. The van der Waals surface area contributed by atoms with Crippen LogP contribution in [0.2, 0.25) is 0 Å². The van der Waals surface area contributed by atoms with E-state index >= 15 is 0 Å². The number of nitrogens with one attached hydrogen (secondary N) is 1. The van der Waals surface area contributed by atoms with Gasteiger partial charge in [-0.25, -0.2) is 0 Å². The molecule has 14 heavy (non-hydrogen) atoms. The zero-order chi connectivity index (χ0) is 9.80. The number of thiophene rings is 1. The lowest BCUT2D eigenvalue weighted by Gasteiger charge is -2.25. The first-order valence-electron chi connectivity index (χ1n) is 4.80. The Hall–Kier alpha value is -0.420. The average Bonchev–Trinajstić information content (AvgIpc) is 2.51. The summed E-state index contributed by atoms with van der Waals surface area (Å²) >= 11 is 1.81. The van der Waals surface area contributed by atoms with Crippen LogP contribution in [0.4, 0.5) is 0 Å². The van der Waals surface area contributed by atoms with Gasteiger partial charge in [0.05, 0.1) is 19.8 Å². The highest BCUT2D eigenvalue weighted by Gasteiger charge is 2.18. The van der Waals surface area contributed by atoms with Crippen LogP contribution in [0.1, 0.15) is 9.75 Å². The van der Waals surface area contributed by atoms with E-state index in [1.165, 1.54) is 9.75 Å². The quantitative estimate of drug-likeness (QED) is 0.801. The van der Waals surface area contributed by atoms with Crippen molar-refractivity contribution in [2.24, 2.45) is 0 Å². The fourth-order valence-electron chi connectivity index (χ4n) is 1.28. The van der Waals surface area contributed by atoms with Crippen LogP contribution in [0.3, 0.4) is 0 Å². The minimum atomic E-state index is 0.324. The van der Waals surface area contributed by atoms with Gasteiger partial charge >= 0.3 is 0 Å². The fraction of sp³-hybridized carbons (Fsp3) is 0.600. The maximum atomic E-state index is 5.62. The standard InChI is InChI=1S/C10H15NO2S/c1-11-4-9-2-3-10(14-9)7-13-8-5-12-6-8/h2-3,8,11H,4-7H2,1H3. The van der Waals surface area contributed by atoms with Crippen LogP contribution >= 0.6 is 11.3 Å². The van der Waals surface area contributed by atoms with Crippen LogP contribution in [-0.2, 0) is 22.6 Å². The van der Waals surface area contributed by atoms with Gasteiger partial charge in [0, 0.05) is 16.3 Å². The molecule has 0 atom stereocenters. The summed E-state index contributed by atoms with van der Waals surface area (Å²) < 4.78 is 10.7. The maximum absolute atomic E-state index is 5.62. The van der Waals surface area contributed by atoms with E-state index in [1.807, 2.05) is 7.05 Å². The van der Waals surface area contributed by atoms with Crippen molar-refractivity contribution in [2.45, 2.75) is 19.3 Å². The van der Waals surface area contributed by atoms with E-state index in [-0.39, 0.29) is 0 Å². The molecule has 0 bridgehead atoms. The first-order valence-corrected chi connectivity index (χ1v) is 5.61. The molecule has 0 saturated carbocycles. The Labute approximate surface area is 88.0 Å². The predicted octanol–water partition coefficient (Wildman–Crippen LogP) is 1.38.